The molecule has 3 aliphatic rings. The van der Waals surface area contributed by atoms with Gasteiger partial charge in [0.1, 0.15) is 11.9 Å². The summed E-state index contributed by atoms with van der Waals surface area (Å²) in [7, 11) is 0. The van der Waals surface area contributed by atoms with Crippen LogP contribution in [0.5, 0.6) is 0 Å². The number of halogens is 1. The lowest BCUT2D eigenvalue weighted by Gasteiger charge is -2.36. The number of rotatable bonds is 4. The Kier molecular flexibility index (Phi) is 6.02. The molecule has 2 unspecified atom stereocenters. The van der Waals surface area contributed by atoms with E-state index in [9.17, 15) is 9.18 Å². The molecule has 3 heterocycles. The fourth-order valence-corrected chi connectivity index (χ4v) is 4.48. The predicted octanol–water partition coefficient (Wildman–Crippen LogP) is 0.705. The highest BCUT2D eigenvalue weighted by Gasteiger charge is 2.38. The molecule has 0 bridgehead atoms. The number of carbonyl (C=O) groups excluding carboxylic acids is 1. The van der Waals surface area contributed by atoms with Gasteiger partial charge in [0.15, 0.2) is 0 Å². The SMILES string of the molecule is O=C(C(c1ccccc1F)N1CCOCC1)N1CCC(N2CCNCC2)C1. The molecule has 0 aromatic heterocycles. The number of nitrogens with zero attached hydrogens (tertiary/aromatic N) is 3. The molecular formula is C20H29FN4O2. The average Bonchev–Trinajstić information content (AvgIpc) is 3.21. The van der Waals surface area contributed by atoms with Gasteiger partial charge in [-0.05, 0) is 12.5 Å². The van der Waals surface area contributed by atoms with E-state index in [4.69, 9.17) is 4.74 Å². The van der Waals surface area contributed by atoms with E-state index in [0.717, 1.165) is 45.7 Å². The molecule has 0 aliphatic carbocycles. The molecular weight excluding hydrogens is 347 g/mol. The highest BCUT2D eigenvalue weighted by molar-refractivity contribution is 5.83. The van der Waals surface area contributed by atoms with Crippen LogP contribution in [-0.2, 0) is 9.53 Å². The van der Waals surface area contributed by atoms with Crippen LogP contribution in [0.2, 0.25) is 0 Å². The van der Waals surface area contributed by atoms with Crippen molar-refractivity contribution in [3.05, 3.63) is 35.6 Å². The highest BCUT2D eigenvalue weighted by Crippen LogP contribution is 2.29. The second-order valence-corrected chi connectivity index (χ2v) is 7.59. The average molecular weight is 376 g/mol. The Balaban J connectivity index is 1.51. The van der Waals surface area contributed by atoms with Crippen molar-refractivity contribution in [2.45, 2.75) is 18.5 Å². The van der Waals surface area contributed by atoms with E-state index in [1.807, 2.05) is 11.0 Å². The molecule has 1 amide bonds. The summed E-state index contributed by atoms with van der Waals surface area (Å²) in [6.45, 7) is 8.06. The fraction of sp³-hybridized carbons (Fsp3) is 0.650. The molecule has 0 spiro atoms. The first-order valence-electron chi connectivity index (χ1n) is 10.0. The van der Waals surface area contributed by atoms with Crippen molar-refractivity contribution in [1.82, 2.24) is 20.0 Å². The van der Waals surface area contributed by atoms with Crippen molar-refractivity contribution in [2.24, 2.45) is 0 Å². The maximum absolute atomic E-state index is 14.6. The van der Waals surface area contributed by atoms with Crippen LogP contribution in [0.15, 0.2) is 24.3 Å². The molecule has 7 heteroatoms. The Bertz CT molecular complexity index is 647. The van der Waals surface area contributed by atoms with Crippen LogP contribution in [-0.4, -0.2) is 92.2 Å². The summed E-state index contributed by atoms with van der Waals surface area (Å²) in [6.07, 6.45) is 0.999. The van der Waals surface area contributed by atoms with Gasteiger partial charge in [-0.2, -0.15) is 0 Å². The molecule has 3 fully saturated rings. The zero-order valence-corrected chi connectivity index (χ0v) is 15.8. The summed E-state index contributed by atoms with van der Waals surface area (Å²) in [4.78, 5) is 20.0. The predicted molar refractivity (Wildman–Crippen MR) is 101 cm³/mol. The smallest absolute Gasteiger partial charge is 0.244 e. The number of morpholine rings is 1. The number of piperazine rings is 1. The maximum atomic E-state index is 14.6. The van der Waals surface area contributed by atoms with Crippen molar-refractivity contribution in [3.8, 4) is 0 Å². The Labute approximate surface area is 160 Å². The molecule has 0 saturated carbocycles. The van der Waals surface area contributed by atoms with Gasteiger partial charge in [0, 0.05) is 64.0 Å². The Morgan fingerprint density at radius 2 is 1.85 bits per heavy atom. The summed E-state index contributed by atoms with van der Waals surface area (Å²) in [5.74, 6) is -0.278. The molecule has 148 valence electrons. The van der Waals surface area contributed by atoms with Crippen LogP contribution >= 0.6 is 0 Å². The first kappa shape index (κ1) is 18.8. The monoisotopic (exact) mass is 376 g/mol. The van der Waals surface area contributed by atoms with E-state index in [1.54, 1.807) is 12.1 Å². The molecule has 1 aromatic rings. The Morgan fingerprint density at radius 3 is 2.59 bits per heavy atom. The first-order chi connectivity index (χ1) is 13.2. The van der Waals surface area contributed by atoms with E-state index in [-0.39, 0.29) is 11.7 Å². The van der Waals surface area contributed by atoms with Gasteiger partial charge in [-0.15, -0.1) is 0 Å². The van der Waals surface area contributed by atoms with Crippen LogP contribution in [0.1, 0.15) is 18.0 Å². The van der Waals surface area contributed by atoms with Crippen LogP contribution in [0, 0.1) is 5.82 Å². The number of amides is 1. The van der Waals surface area contributed by atoms with Crippen molar-refractivity contribution < 1.29 is 13.9 Å². The van der Waals surface area contributed by atoms with Gasteiger partial charge in [0.25, 0.3) is 0 Å². The fourth-order valence-electron chi connectivity index (χ4n) is 4.48. The van der Waals surface area contributed by atoms with Gasteiger partial charge >= 0.3 is 0 Å². The van der Waals surface area contributed by atoms with Crippen molar-refractivity contribution in [3.63, 3.8) is 0 Å². The number of hydrogen-bond donors (Lipinski definition) is 1. The van der Waals surface area contributed by atoms with Gasteiger partial charge in [-0.25, -0.2) is 4.39 Å². The number of benzene rings is 1. The second kappa shape index (κ2) is 8.65. The standard InChI is InChI=1S/C20H29FN4O2/c21-18-4-2-1-3-17(18)19(24-11-13-27-14-12-24)20(26)25-8-5-16(15-25)23-9-6-22-7-10-23/h1-4,16,19,22H,5-15H2. The topological polar surface area (TPSA) is 48.1 Å². The van der Waals surface area contributed by atoms with Gasteiger partial charge in [-0.3, -0.25) is 14.6 Å². The van der Waals surface area contributed by atoms with Crippen molar-refractivity contribution >= 4 is 5.91 Å². The summed E-state index contributed by atoms with van der Waals surface area (Å²) in [5.41, 5.74) is 0.482. The minimum absolute atomic E-state index is 0.0274. The summed E-state index contributed by atoms with van der Waals surface area (Å²) in [5, 5.41) is 3.38. The summed E-state index contributed by atoms with van der Waals surface area (Å²) in [6, 6.07) is 6.54. The second-order valence-electron chi connectivity index (χ2n) is 7.59. The molecule has 3 aliphatic heterocycles. The van der Waals surface area contributed by atoms with E-state index in [1.165, 1.54) is 6.07 Å². The third kappa shape index (κ3) is 4.16. The van der Waals surface area contributed by atoms with E-state index in [0.29, 0.717) is 37.9 Å². The third-order valence-corrected chi connectivity index (χ3v) is 5.99. The van der Waals surface area contributed by atoms with Gasteiger partial charge in [0.2, 0.25) is 5.91 Å². The minimum Gasteiger partial charge on any atom is -0.379 e. The number of ether oxygens (including phenoxy) is 1. The number of likely N-dealkylation sites (tertiary alicyclic amines) is 1. The molecule has 0 radical (unpaired) electrons. The van der Waals surface area contributed by atoms with E-state index in [2.05, 4.69) is 15.1 Å². The van der Waals surface area contributed by atoms with Crippen LogP contribution < -0.4 is 5.32 Å². The van der Waals surface area contributed by atoms with Gasteiger partial charge in [0.05, 0.1) is 13.2 Å². The zero-order valence-electron chi connectivity index (χ0n) is 15.8. The van der Waals surface area contributed by atoms with Gasteiger partial charge < -0.3 is 15.0 Å². The first-order valence-corrected chi connectivity index (χ1v) is 10.0. The van der Waals surface area contributed by atoms with Crippen LogP contribution in [0.4, 0.5) is 4.39 Å². The Morgan fingerprint density at radius 1 is 1.11 bits per heavy atom. The van der Waals surface area contributed by atoms with Crippen molar-refractivity contribution in [1.29, 1.82) is 0 Å². The normalized spacial score (nSPS) is 26.3. The lowest BCUT2D eigenvalue weighted by atomic mass is 10.0. The highest BCUT2D eigenvalue weighted by atomic mass is 19.1. The van der Waals surface area contributed by atoms with Crippen LogP contribution in [0.3, 0.4) is 0 Å². The summed E-state index contributed by atoms with van der Waals surface area (Å²) < 4.78 is 20.0. The van der Waals surface area contributed by atoms with E-state index < -0.39 is 6.04 Å². The molecule has 4 rings (SSSR count). The lowest BCUT2D eigenvalue weighted by Crippen LogP contribution is -2.50. The summed E-state index contributed by atoms with van der Waals surface area (Å²) >= 11 is 0. The van der Waals surface area contributed by atoms with Gasteiger partial charge in [-0.1, -0.05) is 18.2 Å². The quantitative estimate of drug-likeness (QED) is 0.839. The van der Waals surface area contributed by atoms with Crippen LogP contribution in [0.25, 0.3) is 0 Å². The van der Waals surface area contributed by atoms with Crippen molar-refractivity contribution in [2.75, 3.05) is 65.6 Å². The molecule has 1 N–H and O–H groups in total. The maximum Gasteiger partial charge on any atom is 0.244 e. The molecule has 6 nitrogen and oxygen atoms in total. The molecule has 27 heavy (non-hydrogen) atoms. The number of nitrogens with one attached hydrogen (secondary N) is 1. The third-order valence-electron chi connectivity index (χ3n) is 5.99. The molecule has 1 aromatic carbocycles. The lowest BCUT2D eigenvalue weighted by molar-refractivity contribution is -0.138. The number of carbonyl (C=O) groups is 1. The number of hydrogen-bond acceptors (Lipinski definition) is 5. The van der Waals surface area contributed by atoms with E-state index >= 15 is 0 Å². The molecule has 2 atom stereocenters. The minimum atomic E-state index is -0.558. The largest absolute Gasteiger partial charge is 0.379 e. The molecule has 3 saturated heterocycles. The zero-order chi connectivity index (χ0) is 18.6. The Hall–Kier alpha value is -1.54.